The Labute approximate surface area is 225 Å². The van der Waals surface area contributed by atoms with Crippen molar-refractivity contribution in [3.8, 4) is 5.69 Å². The highest BCUT2D eigenvalue weighted by atomic mass is 16.6. The standard InChI is InChI=1S/C29H26N6O4/c1-33(2)23-12-10-21(11-13-23)19-27(31-28(36)22-7-4-3-5-8-22)29(37)32-30-20-26-9-6-18-34(26)24-14-16-25(17-15-24)35(38)39/h3-20H,1-2H3,(H,31,36)(H,32,37)/b27-19-,30-20+. The number of benzene rings is 3. The molecule has 0 atom stereocenters. The van der Waals surface area contributed by atoms with Gasteiger partial charge in [0.25, 0.3) is 17.5 Å². The summed E-state index contributed by atoms with van der Waals surface area (Å²) >= 11 is 0. The zero-order chi connectivity index (χ0) is 27.8. The van der Waals surface area contributed by atoms with Crippen LogP contribution < -0.4 is 15.6 Å². The lowest BCUT2D eigenvalue weighted by Crippen LogP contribution is -2.32. The van der Waals surface area contributed by atoms with E-state index in [0.717, 1.165) is 11.3 Å². The largest absolute Gasteiger partial charge is 0.378 e. The van der Waals surface area contributed by atoms with Gasteiger partial charge in [-0.1, -0.05) is 30.3 Å². The SMILES string of the molecule is CN(C)c1ccc(/C=C(\NC(=O)c2ccccc2)C(=O)N/N=C/c2cccn2-c2ccc([N+](=O)[O-])cc2)cc1. The number of hydrogen-bond acceptors (Lipinski definition) is 6. The molecule has 0 radical (unpaired) electrons. The lowest BCUT2D eigenvalue weighted by molar-refractivity contribution is -0.384. The number of amides is 2. The first kappa shape index (κ1) is 26.6. The lowest BCUT2D eigenvalue weighted by atomic mass is 10.1. The first-order valence-corrected chi connectivity index (χ1v) is 11.9. The summed E-state index contributed by atoms with van der Waals surface area (Å²) in [5.74, 6) is -1.04. The van der Waals surface area contributed by atoms with Crippen molar-refractivity contribution in [1.82, 2.24) is 15.3 Å². The number of hydrogen-bond donors (Lipinski definition) is 2. The molecule has 3 aromatic carbocycles. The normalized spacial score (nSPS) is 11.3. The minimum atomic E-state index is -0.611. The molecule has 10 nitrogen and oxygen atoms in total. The molecular formula is C29H26N6O4. The number of hydrazone groups is 1. The number of non-ortho nitro benzene ring substituents is 1. The average Bonchev–Trinajstić information content (AvgIpc) is 3.42. The van der Waals surface area contributed by atoms with Crippen LogP contribution >= 0.6 is 0 Å². The fourth-order valence-electron chi connectivity index (χ4n) is 3.66. The van der Waals surface area contributed by atoms with Gasteiger partial charge in [-0.25, -0.2) is 5.43 Å². The summed E-state index contributed by atoms with van der Waals surface area (Å²) in [6, 6.07) is 25.7. The van der Waals surface area contributed by atoms with Crippen LogP contribution in [0.1, 0.15) is 21.6 Å². The fourth-order valence-corrected chi connectivity index (χ4v) is 3.66. The number of nitrogens with zero attached hydrogens (tertiary/aromatic N) is 4. The first-order valence-electron chi connectivity index (χ1n) is 11.9. The third kappa shape index (κ3) is 6.83. The summed E-state index contributed by atoms with van der Waals surface area (Å²) in [4.78, 5) is 38.3. The molecule has 0 aliphatic carbocycles. The highest BCUT2D eigenvalue weighted by Crippen LogP contribution is 2.17. The van der Waals surface area contributed by atoms with Crippen molar-refractivity contribution >= 4 is 35.5 Å². The Kier molecular flexibility index (Phi) is 8.27. The molecule has 0 spiro atoms. The van der Waals surface area contributed by atoms with E-state index in [4.69, 9.17) is 0 Å². The second kappa shape index (κ2) is 12.2. The number of aromatic nitrogens is 1. The third-order valence-corrected chi connectivity index (χ3v) is 5.73. The Hall–Kier alpha value is -5.51. The summed E-state index contributed by atoms with van der Waals surface area (Å²) in [6.45, 7) is 0. The molecular weight excluding hydrogens is 496 g/mol. The van der Waals surface area contributed by atoms with E-state index in [-0.39, 0.29) is 11.4 Å². The Morgan fingerprint density at radius 3 is 2.26 bits per heavy atom. The second-order valence-corrected chi connectivity index (χ2v) is 8.64. The minimum Gasteiger partial charge on any atom is -0.378 e. The van der Waals surface area contributed by atoms with E-state index in [0.29, 0.717) is 16.9 Å². The van der Waals surface area contributed by atoms with E-state index in [1.807, 2.05) is 43.3 Å². The molecule has 4 rings (SSSR count). The van der Waals surface area contributed by atoms with Crippen LogP contribution in [0.3, 0.4) is 0 Å². The zero-order valence-corrected chi connectivity index (χ0v) is 21.3. The number of carbonyl (C=O) groups is 2. The topological polar surface area (TPSA) is 122 Å². The van der Waals surface area contributed by atoms with Crippen molar-refractivity contribution in [1.29, 1.82) is 0 Å². The van der Waals surface area contributed by atoms with Crippen molar-refractivity contribution in [3.63, 3.8) is 0 Å². The molecule has 4 aromatic rings. The zero-order valence-electron chi connectivity index (χ0n) is 21.3. The van der Waals surface area contributed by atoms with Gasteiger partial charge in [-0.3, -0.25) is 19.7 Å². The van der Waals surface area contributed by atoms with Crippen molar-refractivity contribution < 1.29 is 14.5 Å². The van der Waals surface area contributed by atoms with Crippen LogP contribution in [0.25, 0.3) is 11.8 Å². The van der Waals surface area contributed by atoms with E-state index in [9.17, 15) is 19.7 Å². The molecule has 39 heavy (non-hydrogen) atoms. The van der Waals surface area contributed by atoms with Crippen LogP contribution in [0.15, 0.2) is 108 Å². The predicted octanol–water partition coefficient (Wildman–Crippen LogP) is 4.37. The fraction of sp³-hybridized carbons (Fsp3) is 0.0690. The monoisotopic (exact) mass is 522 g/mol. The number of rotatable bonds is 9. The van der Waals surface area contributed by atoms with Gasteiger partial charge in [0, 0.05) is 49.4 Å². The van der Waals surface area contributed by atoms with Crippen LogP contribution in [0.2, 0.25) is 0 Å². The molecule has 2 amide bonds. The maximum absolute atomic E-state index is 13.1. The second-order valence-electron chi connectivity index (χ2n) is 8.64. The average molecular weight is 523 g/mol. The molecule has 1 heterocycles. The number of nitro benzene ring substituents is 1. The molecule has 0 unspecified atom stereocenters. The van der Waals surface area contributed by atoms with Gasteiger partial charge in [0.2, 0.25) is 0 Å². The number of nitrogens with one attached hydrogen (secondary N) is 2. The van der Waals surface area contributed by atoms with Gasteiger partial charge >= 0.3 is 0 Å². The molecule has 0 fully saturated rings. The third-order valence-electron chi connectivity index (χ3n) is 5.73. The van der Waals surface area contributed by atoms with E-state index in [1.165, 1.54) is 18.3 Å². The van der Waals surface area contributed by atoms with Crippen LogP contribution in [0.5, 0.6) is 0 Å². The Morgan fingerprint density at radius 1 is 0.923 bits per heavy atom. The van der Waals surface area contributed by atoms with Crippen molar-refractivity contribution in [2.45, 2.75) is 0 Å². The van der Waals surface area contributed by atoms with Crippen LogP contribution in [0, 0.1) is 10.1 Å². The van der Waals surface area contributed by atoms with E-state index >= 15 is 0 Å². The molecule has 0 saturated carbocycles. The molecule has 0 aliphatic rings. The van der Waals surface area contributed by atoms with E-state index in [1.54, 1.807) is 71.4 Å². The Morgan fingerprint density at radius 2 is 1.62 bits per heavy atom. The minimum absolute atomic E-state index is 0.0124. The van der Waals surface area contributed by atoms with Crippen LogP contribution in [-0.4, -0.2) is 41.6 Å². The molecule has 0 aliphatic heterocycles. The maximum Gasteiger partial charge on any atom is 0.287 e. The quantitative estimate of drug-likeness (QED) is 0.146. The van der Waals surface area contributed by atoms with Gasteiger partial charge in [0.05, 0.1) is 16.8 Å². The maximum atomic E-state index is 13.1. The van der Waals surface area contributed by atoms with Crippen molar-refractivity contribution in [2.75, 3.05) is 19.0 Å². The molecule has 196 valence electrons. The molecule has 1 aromatic heterocycles. The summed E-state index contributed by atoms with van der Waals surface area (Å²) in [7, 11) is 3.86. The van der Waals surface area contributed by atoms with Crippen molar-refractivity contribution in [2.24, 2.45) is 5.10 Å². The van der Waals surface area contributed by atoms with Gasteiger partial charge < -0.3 is 14.8 Å². The highest BCUT2D eigenvalue weighted by molar-refractivity contribution is 6.05. The van der Waals surface area contributed by atoms with E-state index < -0.39 is 16.7 Å². The van der Waals surface area contributed by atoms with E-state index in [2.05, 4.69) is 15.8 Å². The van der Waals surface area contributed by atoms with Gasteiger partial charge in [0.15, 0.2) is 0 Å². The van der Waals surface area contributed by atoms with Gasteiger partial charge in [-0.15, -0.1) is 0 Å². The first-order chi connectivity index (χ1) is 18.8. The van der Waals surface area contributed by atoms with Gasteiger partial charge in [-0.05, 0) is 60.2 Å². The predicted molar refractivity (Wildman–Crippen MR) is 151 cm³/mol. The summed E-state index contributed by atoms with van der Waals surface area (Å²) in [5, 5.41) is 17.7. The number of carbonyl (C=O) groups excluding carboxylic acids is 2. The van der Waals surface area contributed by atoms with Crippen molar-refractivity contribution in [3.05, 3.63) is 130 Å². The number of nitro groups is 1. The molecule has 0 saturated heterocycles. The summed E-state index contributed by atoms with van der Waals surface area (Å²) in [5.41, 5.74) is 5.91. The van der Waals surface area contributed by atoms with Gasteiger partial charge in [0.1, 0.15) is 5.70 Å². The molecule has 10 heteroatoms. The smallest absolute Gasteiger partial charge is 0.287 e. The highest BCUT2D eigenvalue weighted by Gasteiger charge is 2.15. The number of anilines is 1. The van der Waals surface area contributed by atoms with Crippen LogP contribution in [-0.2, 0) is 4.79 Å². The summed E-state index contributed by atoms with van der Waals surface area (Å²) in [6.07, 6.45) is 4.79. The lowest BCUT2D eigenvalue weighted by Gasteiger charge is -2.12. The molecule has 2 N–H and O–H groups in total. The summed E-state index contributed by atoms with van der Waals surface area (Å²) < 4.78 is 1.76. The molecule has 0 bridgehead atoms. The van der Waals surface area contributed by atoms with Crippen LogP contribution in [0.4, 0.5) is 11.4 Å². The van der Waals surface area contributed by atoms with Gasteiger partial charge in [-0.2, -0.15) is 5.10 Å². The Balaban J connectivity index is 1.53. The Bertz CT molecular complexity index is 1520.